The Kier molecular flexibility index (Phi) is 3.42. The average molecular weight is 339 g/mol. The van der Waals surface area contributed by atoms with Gasteiger partial charge in [0.05, 0.1) is 23.6 Å². The molecule has 2 aliphatic heterocycles. The second-order valence-corrected chi connectivity index (χ2v) is 5.75. The maximum atomic E-state index is 12.7. The number of rotatable bonds is 4. The Bertz CT molecular complexity index is 871. The Hall–Kier alpha value is -3.35. The Morgan fingerprint density at radius 3 is 2.32 bits per heavy atom. The number of carboxylic acid groups (broad SMARTS) is 1. The van der Waals surface area contributed by atoms with Crippen molar-refractivity contribution in [2.45, 2.75) is 12.5 Å². The molecule has 0 saturated heterocycles. The van der Waals surface area contributed by atoms with Crippen molar-refractivity contribution in [2.75, 3.05) is 6.79 Å². The van der Waals surface area contributed by atoms with Crippen LogP contribution in [0.5, 0.6) is 11.5 Å². The van der Waals surface area contributed by atoms with Crippen molar-refractivity contribution >= 4 is 17.8 Å². The van der Waals surface area contributed by atoms with Crippen LogP contribution >= 0.6 is 0 Å². The third kappa shape index (κ3) is 2.40. The van der Waals surface area contributed by atoms with Crippen LogP contribution < -0.4 is 9.47 Å². The van der Waals surface area contributed by atoms with E-state index in [0.717, 1.165) is 4.90 Å². The Morgan fingerprint density at radius 2 is 1.68 bits per heavy atom. The minimum atomic E-state index is -1.11. The minimum Gasteiger partial charge on any atom is -0.481 e. The smallest absolute Gasteiger partial charge is 0.305 e. The van der Waals surface area contributed by atoms with Gasteiger partial charge in [-0.05, 0) is 29.8 Å². The molecule has 7 nitrogen and oxygen atoms in total. The van der Waals surface area contributed by atoms with Crippen molar-refractivity contribution in [2.24, 2.45) is 0 Å². The second kappa shape index (κ2) is 5.62. The van der Waals surface area contributed by atoms with E-state index in [-0.39, 0.29) is 17.9 Å². The lowest BCUT2D eigenvalue weighted by molar-refractivity contribution is -0.138. The summed E-state index contributed by atoms with van der Waals surface area (Å²) >= 11 is 0. The van der Waals surface area contributed by atoms with Crippen molar-refractivity contribution in [1.29, 1.82) is 0 Å². The Labute approximate surface area is 142 Å². The van der Waals surface area contributed by atoms with Crippen LogP contribution in [-0.4, -0.2) is 34.6 Å². The van der Waals surface area contributed by atoms with Gasteiger partial charge in [-0.25, -0.2) is 0 Å². The fraction of sp³-hybridized carbons (Fsp3) is 0.167. The summed E-state index contributed by atoms with van der Waals surface area (Å²) in [7, 11) is 0. The molecule has 4 rings (SSSR count). The van der Waals surface area contributed by atoms with E-state index in [1.807, 2.05) is 0 Å². The molecule has 2 amide bonds. The molecule has 0 aliphatic carbocycles. The van der Waals surface area contributed by atoms with E-state index in [4.69, 9.17) is 9.47 Å². The molecule has 7 heteroatoms. The molecular formula is C18H13NO6. The highest BCUT2D eigenvalue weighted by Crippen LogP contribution is 2.39. The third-order valence-electron chi connectivity index (χ3n) is 4.29. The molecule has 126 valence electrons. The van der Waals surface area contributed by atoms with Crippen LogP contribution in [0.3, 0.4) is 0 Å². The largest absolute Gasteiger partial charge is 0.481 e. The van der Waals surface area contributed by atoms with Gasteiger partial charge in [0.1, 0.15) is 0 Å². The lowest BCUT2D eigenvalue weighted by Gasteiger charge is -2.25. The maximum Gasteiger partial charge on any atom is 0.305 e. The first-order chi connectivity index (χ1) is 12.1. The van der Waals surface area contributed by atoms with E-state index < -0.39 is 30.2 Å². The monoisotopic (exact) mass is 339 g/mol. The number of hydrogen-bond acceptors (Lipinski definition) is 5. The second-order valence-electron chi connectivity index (χ2n) is 5.75. The van der Waals surface area contributed by atoms with Crippen molar-refractivity contribution in [3.63, 3.8) is 0 Å². The summed E-state index contributed by atoms with van der Waals surface area (Å²) < 4.78 is 10.6. The number of carboxylic acids is 1. The molecule has 0 bridgehead atoms. The third-order valence-corrected chi connectivity index (χ3v) is 4.29. The zero-order valence-electron chi connectivity index (χ0n) is 13.0. The van der Waals surface area contributed by atoms with E-state index in [2.05, 4.69) is 0 Å². The molecule has 2 aliphatic rings. The van der Waals surface area contributed by atoms with Crippen LogP contribution in [0.25, 0.3) is 0 Å². The van der Waals surface area contributed by atoms with Crippen LogP contribution in [0.15, 0.2) is 42.5 Å². The van der Waals surface area contributed by atoms with Crippen molar-refractivity contribution in [1.82, 2.24) is 4.90 Å². The van der Waals surface area contributed by atoms with Gasteiger partial charge in [0.25, 0.3) is 11.8 Å². The standard InChI is InChI=1S/C18H13NO6/c20-16(21)8-13(10-5-6-14-15(7-10)25-9-24-14)19-17(22)11-3-1-2-4-12(11)18(19)23/h1-7,13H,8-9H2,(H,20,21)/t13-/m0/s1. The van der Waals surface area contributed by atoms with Gasteiger partial charge < -0.3 is 14.6 Å². The van der Waals surface area contributed by atoms with Gasteiger partial charge in [-0.1, -0.05) is 18.2 Å². The highest BCUT2D eigenvalue weighted by molar-refractivity contribution is 6.21. The predicted molar refractivity (Wildman–Crippen MR) is 84.5 cm³/mol. The number of carbonyl (C=O) groups excluding carboxylic acids is 2. The van der Waals surface area contributed by atoms with Gasteiger partial charge >= 0.3 is 5.97 Å². The minimum absolute atomic E-state index is 0.0788. The predicted octanol–water partition coefficient (Wildman–Crippen LogP) is 2.23. The normalized spacial score (nSPS) is 16.1. The van der Waals surface area contributed by atoms with Crippen molar-refractivity contribution in [3.8, 4) is 11.5 Å². The first-order valence-corrected chi connectivity index (χ1v) is 7.64. The summed E-state index contributed by atoms with van der Waals surface area (Å²) in [6.07, 6.45) is -0.398. The zero-order chi connectivity index (χ0) is 17.6. The number of imide groups is 1. The molecule has 0 fully saturated rings. The van der Waals surface area contributed by atoms with Crippen LogP contribution in [0.1, 0.15) is 38.7 Å². The van der Waals surface area contributed by atoms with E-state index in [9.17, 15) is 19.5 Å². The summed E-state index contributed by atoms with van der Waals surface area (Å²) in [5.74, 6) is -1.10. The number of amides is 2. The average Bonchev–Trinajstić information content (AvgIpc) is 3.16. The number of carbonyl (C=O) groups is 3. The molecule has 25 heavy (non-hydrogen) atoms. The maximum absolute atomic E-state index is 12.7. The molecule has 1 atom stereocenters. The summed E-state index contributed by atoms with van der Waals surface area (Å²) in [5.41, 5.74) is 1.06. The SMILES string of the molecule is O=C(O)C[C@@H](c1ccc2c(c1)OCO2)N1C(=O)c2ccccc2C1=O. The van der Waals surface area contributed by atoms with Crippen molar-refractivity contribution < 1.29 is 29.0 Å². The number of aliphatic carboxylic acids is 1. The summed E-state index contributed by atoms with van der Waals surface area (Å²) in [4.78, 5) is 37.8. The van der Waals surface area contributed by atoms with E-state index in [1.54, 1.807) is 42.5 Å². The Balaban J connectivity index is 1.77. The molecule has 2 aromatic rings. The number of nitrogens with zero attached hydrogens (tertiary/aromatic N) is 1. The summed E-state index contributed by atoms with van der Waals surface area (Å²) in [5, 5.41) is 9.28. The summed E-state index contributed by atoms with van der Waals surface area (Å²) in [6, 6.07) is 10.4. The van der Waals surface area contributed by atoms with Crippen LogP contribution in [-0.2, 0) is 4.79 Å². The lowest BCUT2D eigenvalue weighted by Crippen LogP contribution is -2.35. The van der Waals surface area contributed by atoms with E-state index >= 15 is 0 Å². The Morgan fingerprint density at radius 1 is 1.04 bits per heavy atom. The zero-order valence-corrected chi connectivity index (χ0v) is 13.0. The topological polar surface area (TPSA) is 93.1 Å². The van der Waals surface area contributed by atoms with Crippen LogP contribution in [0, 0.1) is 0 Å². The number of ether oxygens (including phenoxy) is 2. The van der Waals surface area contributed by atoms with Gasteiger partial charge in [-0.2, -0.15) is 0 Å². The summed E-state index contributed by atoms with van der Waals surface area (Å²) in [6.45, 7) is 0.0788. The number of hydrogen-bond donors (Lipinski definition) is 1. The first kappa shape index (κ1) is 15.2. The molecule has 0 radical (unpaired) electrons. The molecule has 2 heterocycles. The molecule has 0 aromatic heterocycles. The van der Waals surface area contributed by atoms with Crippen molar-refractivity contribution in [3.05, 3.63) is 59.2 Å². The highest BCUT2D eigenvalue weighted by atomic mass is 16.7. The molecule has 0 unspecified atom stereocenters. The van der Waals surface area contributed by atoms with Gasteiger partial charge in [-0.3, -0.25) is 19.3 Å². The molecule has 0 spiro atoms. The molecule has 1 N–H and O–H groups in total. The van der Waals surface area contributed by atoms with Gasteiger partial charge in [0, 0.05) is 0 Å². The quantitative estimate of drug-likeness (QED) is 0.859. The molecule has 2 aromatic carbocycles. The van der Waals surface area contributed by atoms with Gasteiger partial charge in [0.15, 0.2) is 11.5 Å². The lowest BCUT2D eigenvalue weighted by atomic mass is 10.0. The van der Waals surface area contributed by atoms with Crippen LogP contribution in [0.4, 0.5) is 0 Å². The molecule has 0 saturated carbocycles. The van der Waals surface area contributed by atoms with Crippen LogP contribution in [0.2, 0.25) is 0 Å². The van der Waals surface area contributed by atoms with E-state index in [1.165, 1.54) is 0 Å². The highest BCUT2D eigenvalue weighted by Gasteiger charge is 2.41. The first-order valence-electron chi connectivity index (χ1n) is 7.64. The van der Waals surface area contributed by atoms with Gasteiger partial charge in [0.2, 0.25) is 6.79 Å². The van der Waals surface area contributed by atoms with Gasteiger partial charge in [-0.15, -0.1) is 0 Å². The number of benzene rings is 2. The number of fused-ring (bicyclic) bond motifs is 2. The fourth-order valence-corrected chi connectivity index (χ4v) is 3.13. The molecular weight excluding hydrogens is 326 g/mol. The fourth-order valence-electron chi connectivity index (χ4n) is 3.13. The van der Waals surface area contributed by atoms with E-state index in [0.29, 0.717) is 17.1 Å².